The van der Waals surface area contributed by atoms with E-state index in [1.54, 1.807) is 7.11 Å². The van der Waals surface area contributed by atoms with E-state index in [1.807, 2.05) is 20.0 Å². The Hall–Kier alpha value is -1.22. The number of nitrogens with zero attached hydrogens (tertiary/aromatic N) is 2. The first-order valence-corrected chi connectivity index (χ1v) is 11.1. The molecule has 1 aliphatic heterocycles. The number of nitrogens with one attached hydrogen (secondary N) is 2. The quantitative estimate of drug-likeness (QED) is 0.207. The van der Waals surface area contributed by atoms with Crippen molar-refractivity contribution in [3.63, 3.8) is 0 Å². The molecule has 2 N–H and O–H groups in total. The third-order valence-electron chi connectivity index (χ3n) is 5.53. The van der Waals surface area contributed by atoms with Crippen molar-refractivity contribution >= 4 is 29.9 Å². The molecule has 1 aromatic carbocycles. The van der Waals surface area contributed by atoms with Gasteiger partial charge >= 0.3 is 0 Å². The summed E-state index contributed by atoms with van der Waals surface area (Å²) in [6.07, 6.45) is 4.61. The monoisotopic (exact) mass is 532 g/mol. The average molecular weight is 533 g/mol. The van der Waals surface area contributed by atoms with Crippen molar-refractivity contribution in [2.24, 2.45) is 10.9 Å². The molecule has 7 heteroatoms. The van der Waals surface area contributed by atoms with E-state index >= 15 is 0 Å². The molecule has 0 spiro atoms. The van der Waals surface area contributed by atoms with Crippen LogP contribution in [-0.4, -0.2) is 63.8 Å². The number of aryl methyl sites for hydroxylation is 1. The SMILES string of the molecule is CCOc1cc(CCCNC(=NC)NCC2CCCN(C(C)C)C2)ccc1OC.I. The lowest BCUT2D eigenvalue weighted by atomic mass is 9.97. The van der Waals surface area contributed by atoms with E-state index in [2.05, 4.69) is 46.5 Å². The molecule has 0 saturated carbocycles. The molecule has 0 aromatic heterocycles. The van der Waals surface area contributed by atoms with Gasteiger partial charge < -0.3 is 25.0 Å². The van der Waals surface area contributed by atoms with Crippen LogP contribution < -0.4 is 20.1 Å². The molecule has 6 nitrogen and oxygen atoms in total. The summed E-state index contributed by atoms with van der Waals surface area (Å²) in [7, 11) is 3.52. The van der Waals surface area contributed by atoms with Gasteiger partial charge in [0.15, 0.2) is 17.5 Å². The fourth-order valence-corrected chi connectivity index (χ4v) is 3.84. The molecule has 172 valence electrons. The molecule has 1 heterocycles. The fraction of sp³-hybridized carbons (Fsp3) is 0.696. The minimum atomic E-state index is 0. The Morgan fingerprint density at radius 2 is 2.07 bits per heavy atom. The van der Waals surface area contributed by atoms with E-state index in [4.69, 9.17) is 9.47 Å². The number of guanidine groups is 1. The third kappa shape index (κ3) is 8.88. The van der Waals surface area contributed by atoms with Crippen molar-refractivity contribution in [1.82, 2.24) is 15.5 Å². The lowest BCUT2D eigenvalue weighted by Crippen LogP contribution is -2.46. The number of hydrogen-bond donors (Lipinski definition) is 2. The largest absolute Gasteiger partial charge is 0.493 e. The Labute approximate surface area is 200 Å². The van der Waals surface area contributed by atoms with Crippen LogP contribution >= 0.6 is 24.0 Å². The van der Waals surface area contributed by atoms with E-state index in [1.165, 1.54) is 31.5 Å². The Balaban J connectivity index is 0.00000450. The van der Waals surface area contributed by atoms with Crippen molar-refractivity contribution in [2.75, 3.05) is 46.9 Å². The van der Waals surface area contributed by atoms with E-state index in [0.29, 0.717) is 18.6 Å². The molecule has 1 aromatic rings. The van der Waals surface area contributed by atoms with Gasteiger partial charge in [0.25, 0.3) is 0 Å². The summed E-state index contributed by atoms with van der Waals surface area (Å²) in [5.74, 6) is 3.20. The Bertz CT molecular complexity index is 640. The second-order valence-electron chi connectivity index (χ2n) is 8.00. The third-order valence-corrected chi connectivity index (χ3v) is 5.53. The molecule has 1 unspecified atom stereocenters. The number of rotatable bonds is 10. The van der Waals surface area contributed by atoms with E-state index < -0.39 is 0 Å². The van der Waals surface area contributed by atoms with Gasteiger partial charge in [0.05, 0.1) is 13.7 Å². The first-order valence-electron chi connectivity index (χ1n) is 11.1. The summed E-state index contributed by atoms with van der Waals surface area (Å²) in [6, 6.07) is 6.81. The molecule has 0 radical (unpaired) electrons. The highest BCUT2D eigenvalue weighted by atomic mass is 127. The number of methoxy groups -OCH3 is 1. The zero-order valence-corrected chi connectivity index (χ0v) is 21.7. The highest BCUT2D eigenvalue weighted by Crippen LogP contribution is 2.28. The highest BCUT2D eigenvalue weighted by Gasteiger charge is 2.21. The maximum atomic E-state index is 5.67. The van der Waals surface area contributed by atoms with Gasteiger partial charge in [-0.3, -0.25) is 4.99 Å². The molecule has 0 bridgehead atoms. The lowest BCUT2D eigenvalue weighted by molar-refractivity contribution is 0.141. The van der Waals surface area contributed by atoms with Crippen LogP contribution in [0.3, 0.4) is 0 Å². The number of aliphatic imine (C=N–C) groups is 1. The number of piperidine rings is 1. The van der Waals surface area contributed by atoms with Crippen LogP contribution in [0.5, 0.6) is 11.5 Å². The van der Waals surface area contributed by atoms with Crippen molar-refractivity contribution in [2.45, 2.75) is 52.5 Å². The highest BCUT2D eigenvalue weighted by molar-refractivity contribution is 14.0. The summed E-state index contributed by atoms with van der Waals surface area (Å²) in [5.41, 5.74) is 1.26. The van der Waals surface area contributed by atoms with Crippen LogP contribution in [0.1, 0.15) is 45.6 Å². The molecule has 0 aliphatic carbocycles. The van der Waals surface area contributed by atoms with Crippen LogP contribution in [-0.2, 0) is 6.42 Å². The zero-order valence-electron chi connectivity index (χ0n) is 19.4. The van der Waals surface area contributed by atoms with E-state index in [-0.39, 0.29) is 24.0 Å². The van der Waals surface area contributed by atoms with Crippen molar-refractivity contribution in [1.29, 1.82) is 0 Å². The van der Waals surface area contributed by atoms with Gasteiger partial charge in [-0.15, -0.1) is 24.0 Å². The molecule has 1 fully saturated rings. The first-order chi connectivity index (χ1) is 14.1. The fourth-order valence-electron chi connectivity index (χ4n) is 3.84. The maximum absolute atomic E-state index is 5.67. The smallest absolute Gasteiger partial charge is 0.190 e. The van der Waals surface area contributed by atoms with Gasteiger partial charge in [0, 0.05) is 32.7 Å². The molecular formula is C23H41IN4O2. The van der Waals surface area contributed by atoms with Crippen molar-refractivity contribution in [3.05, 3.63) is 23.8 Å². The topological polar surface area (TPSA) is 58.1 Å². The predicted molar refractivity (Wildman–Crippen MR) is 137 cm³/mol. The number of ether oxygens (including phenoxy) is 2. The second kappa shape index (κ2) is 14.7. The number of halogens is 1. The van der Waals surface area contributed by atoms with Crippen molar-refractivity contribution in [3.8, 4) is 11.5 Å². The maximum Gasteiger partial charge on any atom is 0.190 e. The second-order valence-corrected chi connectivity index (χ2v) is 8.00. The summed E-state index contributed by atoms with van der Waals surface area (Å²) in [5, 5.41) is 6.96. The Morgan fingerprint density at radius 3 is 2.73 bits per heavy atom. The Kier molecular flexibility index (Phi) is 13.2. The molecule has 1 atom stereocenters. The van der Waals surface area contributed by atoms with Crippen LogP contribution in [0.15, 0.2) is 23.2 Å². The number of hydrogen-bond acceptors (Lipinski definition) is 4. The minimum Gasteiger partial charge on any atom is -0.493 e. The summed E-state index contributed by atoms with van der Waals surface area (Å²) < 4.78 is 11.0. The lowest BCUT2D eigenvalue weighted by Gasteiger charge is -2.35. The number of likely N-dealkylation sites (tertiary alicyclic amines) is 1. The standard InChI is InChI=1S/C23H40N4O2.HI/c1-6-29-22-15-19(11-12-21(22)28-5)9-7-13-25-23(24-4)26-16-20-10-8-14-27(17-20)18(2)3;/h11-12,15,18,20H,6-10,13-14,16-17H2,1-5H3,(H2,24,25,26);1H. The van der Waals surface area contributed by atoms with Gasteiger partial charge in [-0.1, -0.05) is 6.07 Å². The molecule has 30 heavy (non-hydrogen) atoms. The average Bonchev–Trinajstić information content (AvgIpc) is 2.74. The molecular weight excluding hydrogens is 491 g/mol. The summed E-state index contributed by atoms with van der Waals surface area (Å²) in [4.78, 5) is 6.96. The number of benzene rings is 1. The summed E-state index contributed by atoms with van der Waals surface area (Å²) in [6.45, 7) is 11.5. The van der Waals surface area contributed by atoms with Gasteiger partial charge in [0.1, 0.15) is 0 Å². The zero-order chi connectivity index (χ0) is 21.1. The predicted octanol–water partition coefficient (Wildman–Crippen LogP) is 3.93. The van der Waals surface area contributed by atoms with Crippen LogP contribution in [0.2, 0.25) is 0 Å². The molecule has 1 aliphatic rings. The first kappa shape index (κ1) is 26.8. The van der Waals surface area contributed by atoms with Gasteiger partial charge in [0.2, 0.25) is 0 Å². The Morgan fingerprint density at radius 1 is 1.27 bits per heavy atom. The van der Waals surface area contributed by atoms with Crippen molar-refractivity contribution < 1.29 is 9.47 Å². The normalized spacial score (nSPS) is 17.4. The molecule has 0 amide bonds. The molecule has 2 rings (SSSR count). The van der Waals surface area contributed by atoms with E-state index in [9.17, 15) is 0 Å². The van der Waals surface area contributed by atoms with E-state index in [0.717, 1.165) is 43.4 Å². The summed E-state index contributed by atoms with van der Waals surface area (Å²) >= 11 is 0. The van der Waals surface area contributed by atoms with Crippen LogP contribution in [0.4, 0.5) is 0 Å². The van der Waals surface area contributed by atoms with Crippen LogP contribution in [0.25, 0.3) is 0 Å². The minimum absolute atomic E-state index is 0. The molecule has 1 saturated heterocycles. The van der Waals surface area contributed by atoms with Crippen LogP contribution in [0, 0.1) is 5.92 Å². The van der Waals surface area contributed by atoms with Gasteiger partial charge in [-0.25, -0.2) is 0 Å². The van der Waals surface area contributed by atoms with Gasteiger partial charge in [-0.2, -0.15) is 0 Å². The van der Waals surface area contributed by atoms with Gasteiger partial charge in [-0.05, 0) is 76.6 Å².